The highest BCUT2D eigenvalue weighted by molar-refractivity contribution is 7.71. The van der Waals surface area contributed by atoms with E-state index in [1.807, 2.05) is 0 Å². The maximum Gasteiger partial charge on any atom is 0.369 e. The van der Waals surface area contributed by atoms with Crippen molar-refractivity contribution in [2.75, 3.05) is 0 Å². The Morgan fingerprint density at radius 3 is 1.13 bits per heavy atom. The Morgan fingerprint density at radius 2 is 1.13 bits per heavy atom. The predicted octanol–water partition coefficient (Wildman–Crippen LogP) is -1.63. The number of hydrogen-bond donors (Lipinski definition) is 7. The van der Waals surface area contributed by atoms with Crippen molar-refractivity contribution >= 4 is 23.4 Å². The van der Waals surface area contributed by atoms with Crippen molar-refractivity contribution in [1.82, 2.24) is 0 Å². The van der Waals surface area contributed by atoms with E-state index in [2.05, 4.69) is 0 Å². The molecule has 0 saturated heterocycles. The topological polar surface area (TPSA) is 193 Å². The van der Waals surface area contributed by atoms with Gasteiger partial charge in [0.2, 0.25) is 0 Å². The molecular weight excluding hydrogens is 277 g/mol. The van der Waals surface area contributed by atoms with Gasteiger partial charge in [0.1, 0.15) is 0 Å². The van der Waals surface area contributed by atoms with Crippen LogP contribution >= 0.6 is 23.4 Å². The summed E-state index contributed by atoms with van der Waals surface area (Å²) in [4.78, 5) is 47.3. The Morgan fingerprint density at radius 1 is 1.00 bits per heavy atom. The molecule has 7 N–H and O–H groups in total. The van der Waals surface area contributed by atoms with E-state index >= 15 is 0 Å². The van der Waals surface area contributed by atoms with E-state index in [0.29, 0.717) is 6.92 Å². The van der Waals surface area contributed by atoms with E-state index in [1.165, 1.54) is 0 Å². The molecule has 0 aromatic carbocycles. The van der Waals surface area contributed by atoms with Gasteiger partial charge in [-0.3, -0.25) is 13.7 Å². The molecule has 13 heteroatoms. The van der Waals surface area contributed by atoms with Crippen molar-refractivity contribution < 1.29 is 48.2 Å². The maximum atomic E-state index is 10.3. The second kappa shape index (κ2) is 5.65. The molecule has 10 nitrogen and oxygen atoms in total. The van der Waals surface area contributed by atoms with Crippen molar-refractivity contribution in [3.05, 3.63) is 0 Å². The van der Waals surface area contributed by atoms with Crippen molar-refractivity contribution in [3.63, 3.8) is 0 Å². The Bertz CT molecular complexity index is 279. The molecule has 0 fully saturated rings. The zero-order valence-corrected chi connectivity index (χ0v) is 10.0. The molecule has 0 radical (unpaired) electrons. The standard InChI is InChI=1S/C2H8O7P2.H3O3P/c1-2(3,10(4,5)6)11(7,8)9;1-4(2)3/h3H,1H3,(H2,4,5,6)(H2,7,8,9);4H,(H2,1,2,3). The zero-order valence-electron chi connectivity index (χ0n) is 7.25. The highest BCUT2D eigenvalue weighted by atomic mass is 31.2. The molecule has 0 unspecified atom stereocenters. The van der Waals surface area contributed by atoms with Crippen LogP contribution in [0, 0.1) is 0 Å². The molecule has 0 aromatic heterocycles. The fourth-order valence-electron chi connectivity index (χ4n) is 0.170. The summed E-state index contributed by atoms with van der Waals surface area (Å²) in [7, 11) is -13.5. The van der Waals surface area contributed by atoms with E-state index in [1.54, 1.807) is 0 Å². The first kappa shape index (κ1) is 17.8. The van der Waals surface area contributed by atoms with Crippen molar-refractivity contribution in [2.24, 2.45) is 0 Å². The van der Waals surface area contributed by atoms with Gasteiger partial charge >= 0.3 is 23.4 Å². The second-order valence-corrected chi connectivity index (χ2v) is 7.18. The highest BCUT2D eigenvalue weighted by Crippen LogP contribution is 2.66. The van der Waals surface area contributed by atoms with Gasteiger partial charge < -0.3 is 34.5 Å². The van der Waals surface area contributed by atoms with Crippen LogP contribution in [0.4, 0.5) is 0 Å². The molecule has 15 heavy (non-hydrogen) atoms. The van der Waals surface area contributed by atoms with Crippen LogP contribution in [-0.2, 0) is 13.7 Å². The van der Waals surface area contributed by atoms with E-state index in [0.717, 1.165) is 0 Å². The predicted molar refractivity (Wildman–Crippen MR) is 48.2 cm³/mol. The Balaban J connectivity index is 0. The summed E-state index contributed by atoms with van der Waals surface area (Å²) in [5.41, 5.74) is 0. The minimum atomic E-state index is -5.20. The Hall–Kier alpha value is 0.410. The lowest BCUT2D eigenvalue weighted by atomic mass is 10.9. The molecule has 94 valence electrons. The van der Waals surface area contributed by atoms with Gasteiger partial charge in [-0.2, -0.15) is 0 Å². The van der Waals surface area contributed by atoms with Gasteiger partial charge in [0, 0.05) is 0 Å². The lowest BCUT2D eigenvalue weighted by Crippen LogP contribution is -2.23. The summed E-state index contributed by atoms with van der Waals surface area (Å²) in [6.45, 7) is 0.383. The van der Waals surface area contributed by atoms with E-state index < -0.39 is 28.5 Å². The van der Waals surface area contributed by atoms with Gasteiger partial charge in [0.15, 0.2) is 0 Å². The number of rotatable bonds is 2. The van der Waals surface area contributed by atoms with E-state index in [9.17, 15) is 9.13 Å². The van der Waals surface area contributed by atoms with Crippen LogP contribution in [0.3, 0.4) is 0 Å². The highest BCUT2D eigenvalue weighted by Gasteiger charge is 2.55. The summed E-state index contributed by atoms with van der Waals surface area (Å²) < 4.78 is 29.2. The molecule has 0 heterocycles. The summed E-state index contributed by atoms with van der Waals surface area (Å²) in [6.07, 6.45) is 0. The third kappa shape index (κ3) is 6.55. The molecule has 0 aliphatic rings. The first-order chi connectivity index (χ1) is 6.23. The second-order valence-electron chi connectivity index (χ2n) is 2.34. The van der Waals surface area contributed by atoms with Gasteiger partial charge in [-0.1, -0.05) is 0 Å². The molecule has 0 rings (SSSR count). The minimum absolute atomic E-state index is 0.383. The maximum absolute atomic E-state index is 10.3. The van der Waals surface area contributed by atoms with Crippen LogP contribution in [-0.4, -0.2) is 39.6 Å². The van der Waals surface area contributed by atoms with Crippen LogP contribution in [0.1, 0.15) is 6.92 Å². The molecule has 0 amide bonds. The third-order valence-electron chi connectivity index (χ3n) is 1.10. The fraction of sp³-hybridized carbons (Fsp3) is 1.00. The van der Waals surface area contributed by atoms with Crippen LogP contribution in [0.15, 0.2) is 0 Å². The molecule has 0 saturated carbocycles. The minimum Gasteiger partial charge on any atom is -0.368 e. The van der Waals surface area contributed by atoms with Crippen molar-refractivity contribution in [2.45, 2.75) is 12.0 Å². The van der Waals surface area contributed by atoms with Crippen molar-refractivity contribution in [1.29, 1.82) is 0 Å². The smallest absolute Gasteiger partial charge is 0.368 e. The zero-order chi connectivity index (χ0) is 13.1. The lowest BCUT2D eigenvalue weighted by Gasteiger charge is -2.24. The first-order valence-electron chi connectivity index (χ1n) is 2.99. The Kier molecular flexibility index (Phi) is 6.71. The molecule has 0 aromatic rings. The van der Waals surface area contributed by atoms with Crippen LogP contribution in [0.5, 0.6) is 0 Å². The van der Waals surface area contributed by atoms with Crippen LogP contribution in [0.25, 0.3) is 0 Å². The fourth-order valence-corrected chi connectivity index (χ4v) is 1.53. The molecule has 0 aliphatic carbocycles. The summed E-state index contributed by atoms with van der Waals surface area (Å²) in [5.74, 6) is 0. The molecule has 0 aliphatic heterocycles. The van der Waals surface area contributed by atoms with Gasteiger partial charge in [-0.25, -0.2) is 0 Å². The molecule has 0 bridgehead atoms. The van der Waals surface area contributed by atoms with Gasteiger partial charge in [0.25, 0.3) is 5.08 Å². The SMILES string of the molecule is CC(O)(P(=O)(O)O)P(=O)(O)O.O=[PH](O)O. The van der Waals surface area contributed by atoms with E-state index in [-0.39, 0.29) is 0 Å². The van der Waals surface area contributed by atoms with E-state index in [4.69, 9.17) is 39.0 Å². The van der Waals surface area contributed by atoms with Gasteiger partial charge in [0.05, 0.1) is 0 Å². The summed E-state index contributed by atoms with van der Waals surface area (Å²) >= 11 is 0. The number of aliphatic hydroxyl groups is 1. The van der Waals surface area contributed by atoms with Gasteiger partial charge in [-0.05, 0) is 6.92 Å². The van der Waals surface area contributed by atoms with Gasteiger partial charge in [-0.15, -0.1) is 0 Å². The quantitative estimate of drug-likeness (QED) is 0.290. The number of hydrogen-bond acceptors (Lipinski definition) is 4. The molecular formula is C2H11O10P3. The molecule has 0 spiro atoms. The summed E-state index contributed by atoms with van der Waals surface area (Å²) in [5, 5.41) is 5.37. The molecule has 0 atom stereocenters. The van der Waals surface area contributed by atoms with Crippen molar-refractivity contribution in [3.8, 4) is 0 Å². The van der Waals surface area contributed by atoms with Crippen LogP contribution in [0.2, 0.25) is 0 Å². The Labute approximate surface area is 84.5 Å². The largest absolute Gasteiger partial charge is 0.369 e. The first-order valence-corrected chi connectivity index (χ1v) is 7.51. The van der Waals surface area contributed by atoms with Crippen LogP contribution < -0.4 is 0 Å². The average molecular weight is 288 g/mol. The summed E-state index contributed by atoms with van der Waals surface area (Å²) in [6, 6.07) is 0. The lowest BCUT2D eigenvalue weighted by molar-refractivity contribution is 0.146. The normalized spacial score (nSPS) is 13.4. The monoisotopic (exact) mass is 288 g/mol. The average Bonchev–Trinajstić information content (AvgIpc) is 1.79. The third-order valence-corrected chi connectivity index (χ3v) is 4.87.